The van der Waals surface area contributed by atoms with Crippen molar-refractivity contribution in [2.24, 2.45) is 0 Å². The van der Waals surface area contributed by atoms with Gasteiger partial charge in [0.05, 0.1) is 0 Å². The number of aromatic nitrogens is 1. The minimum absolute atomic E-state index is 0.0345. The average Bonchev–Trinajstić information content (AvgIpc) is 3.27. The molecule has 0 bridgehead atoms. The van der Waals surface area contributed by atoms with Gasteiger partial charge < -0.3 is 4.90 Å². The van der Waals surface area contributed by atoms with Gasteiger partial charge in [-0.3, -0.25) is 5.32 Å². The van der Waals surface area contributed by atoms with Crippen LogP contribution in [0.2, 0.25) is 0 Å². The summed E-state index contributed by atoms with van der Waals surface area (Å²) in [5.41, 5.74) is 1.31. The van der Waals surface area contributed by atoms with E-state index in [0.29, 0.717) is 5.13 Å². The number of hydrogen-bond donors (Lipinski definition) is 1. The molecule has 24 heavy (non-hydrogen) atoms. The number of nitrogens with zero attached hydrogens (tertiary/aromatic N) is 2. The number of hydrogen-bond acceptors (Lipinski definition) is 3. The number of urea groups is 1. The van der Waals surface area contributed by atoms with Gasteiger partial charge >= 0.3 is 6.03 Å². The minimum Gasteiger partial charge on any atom is -0.321 e. The van der Waals surface area contributed by atoms with Gasteiger partial charge in [-0.1, -0.05) is 42.5 Å². The monoisotopic (exact) mass is 337 g/mol. The molecule has 0 spiro atoms. The molecule has 0 aliphatic carbocycles. The summed E-state index contributed by atoms with van der Waals surface area (Å²) in [7, 11) is 0. The van der Waals surface area contributed by atoms with Crippen molar-refractivity contribution in [3.8, 4) is 0 Å². The number of carbonyl (C=O) groups is 1. The van der Waals surface area contributed by atoms with Gasteiger partial charge in [0.1, 0.15) is 0 Å². The highest BCUT2D eigenvalue weighted by Gasteiger charge is 2.29. The summed E-state index contributed by atoms with van der Waals surface area (Å²) in [6, 6.07) is 15.1. The Morgan fingerprint density at radius 1 is 1.25 bits per heavy atom. The molecule has 1 N–H and O–H groups in total. The van der Waals surface area contributed by atoms with Crippen molar-refractivity contribution in [3.05, 3.63) is 59.6 Å². The number of rotatable bonds is 3. The summed E-state index contributed by atoms with van der Waals surface area (Å²) in [4.78, 5) is 18.7. The molecule has 1 saturated heterocycles. The molecule has 2 amide bonds. The molecule has 4 rings (SSSR count). The van der Waals surface area contributed by atoms with Gasteiger partial charge in [-0.15, -0.1) is 11.3 Å². The molecular formula is C19H19N3OS. The zero-order chi connectivity index (χ0) is 16.4. The molecule has 4 nitrogen and oxygen atoms in total. The normalized spacial score (nSPS) is 17.3. The van der Waals surface area contributed by atoms with E-state index in [1.54, 1.807) is 6.20 Å². The maximum atomic E-state index is 12.6. The minimum atomic E-state index is -0.0345. The third-order valence-electron chi connectivity index (χ3n) is 4.62. The van der Waals surface area contributed by atoms with E-state index in [-0.39, 0.29) is 12.1 Å². The standard InChI is InChI=1S/C19H19N3OS/c23-19(21-18-20-10-12-24-18)22-11-4-8-16(22)13-15-7-3-6-14-5-1-2-9-17(14)15/h1-3,5-7,9-10,12,16H,4,8,11,13H2,(H,20,21,23)/t16-/m1/s1. The summed E-state index contributed by atoms with van der Waals surface area (Å²) in [6.45, 7) is 0.812. The van der Waals surface area contributed by atoms with E-state index in [0.717, 1.165) is 25.8 Å². The SMILES string of the molecule is O=C(Nc1nccs1)N1CCC[C@@H]1Cc1cccc2ccccc12. The van der Waals surface area contributed by atoms with Gasteiger partial charge in [-0.05, 0) is 35.6 Å². The second-order valence-corrected chi connectivity index (χ2v) is 6.99. The number of fused-ring (bicyclic) bond motifs is 1. The first-order valence-corrected chi connectivity index (χ1v) is 9.13. The molecule has 1 aliphatic rings. The van der Waals surface area contributed by atoms with Crippen LogP contribution in [0.1, 0.15) is 18.4 Å². The molecular weight excluding hydrogens is 318 g/mol. The Morgan fingerprint density at radius 2 is 2.12 bits per heavy atom. The fourth-order valence-corrected chi connectivity index (χ4v) is 4.01. The van der Waals surface area contributed by atoms with Gasteiger partial charge in [-0.25, -0.2) is 9.78 Å². The average molecular weight is 337 g/mol. The van der Waals surface area contributed by atoms with Crippen molar-refractivity contribution < 1.29 is 4.79 Å². The summed E-state index contributed by atoms with van der Waals surface area (Å²) < 4.78 is 0. The molecule has 0 unspecified atom stereocenters. The van der Waals surface area contributed by atoms with E-state index in [2.05, 4.69) is 52.8 Å². The molecule has 2 heterocycles. The molecule has 1 fully saturated rings. The van der Waals surface area contributed by atoms with Crippen LogP contribution in [0, 0.1) is 0 Å². The number of anilines is 1. The molecule has 5 heteroatoms. The Bertz CT molecular complexity index is 841. The molecule has 0 radical (unpaired) electrons. The van der Waals surface area contributed by atoms with Gasteiger partial charge in [0.15, 0.2) is 5.13 Å². The van der Waals surface area contributed by atoms with Crippen LogP contribution < -0.4 is 5.32 Å². The summed E-state index contributed by atoms with van der Waals surface area (Å²) in [5.74, 6) is 0. The molecule has 1 aliphatic heterocycles. The van der Waals surface area contributed by atoms with Crippen molar-refractivity contribution in [1.29, 1.82) is 0 Å². The number of amides is 2. The number of benzene rings is 2. The van der Waals surface area contributed by atoms with Crippen LogP contribution >= 0.6 is 11.3 Å². The molecule has 0 saturated carbocycles. The van der Waals surface area contributed by atoms with Crippen molar-refractivity contribution in [3.63, 3.8) is 0 Å². The zero-order valence-electron chi connectivity index (χ0n) is 13.3. The molecule has 2 aromatic carbocycles. The lowest BCUT2D eigenvalue weighted by molar-refractivity contribution is 0.206. The first kappa shape index (κ1) is 15.1. The van der Waals surface area contributed by atoms with Gasteiger partial charge in [-0.2, -0.15) is 0 Å². The van der Waals surface area contributed by atoms with Crippen LogP contribution in [0.5, 0.6) is 0 Å². The Morgan fingerprint density at radius 3 is 3.00 bits per heavy atom. The van der Waals surface area contributed by atoms with E-state index in [4.69, 9.17) is 0 Å². The molecule has 3 aromatic rings. The van der Waals surface area contributed by atoms with Crippen molar-refractivity contribution in [1.82, 2.24) is 9.88 Å². The fraction of sp³-hybridized carbons (Fsp3) is 0.263. The second-order valence-electron chi connectivity index (χ2n) is 6.10. The maximum absolute atomic E-state index is 12.6. The Kier molecular flexibility index (Phi) is 4.17. The number of thiazole rings is 1. The summed E-state index contributed by atoms with van der Waals surface area (Å²) >= 11 is 1.45. The number of likely N-dealkylation sites (tertiary alicyclic amines) is 1. The fourth-order valence-electron chi connectivity index (χ4n) is 3.49. The van der Waals surface area contributed by atoms with E-state index >= 15 is 0 Å². The highest BCUT2D eigenvalue weighted by Crippen LogP contribution is 2.26. The number of carbonyl (C=O) groups excluding carboxylic acids is 1. The first-order chi connectivity index (χ1) is 11.8. The van der Waals surface area contributed by atoms with E-state index in [9.17, 15) is 4.79 Å². The Balaban J connectivity index is 1.53. The highest BCUT2D eigenvalue weighted by molar-refractivity contribution is 7.13. The van der Waals surface area contributed by atoms with Crippen LogP contribution in [0.25, 0.3) is 10.8 Å². The smallest absolute Gasteiger partial charge is 0.321 e. The first-order valence-electron chi connectivity index (χ1n) is 8.25. The zero-order valence-corrected chi connectivity index (χ0v) is 14.1. The predicted molar refractivity (Wildman–Crippen MR) is 98.5 cm³/mol. The lowest BCUT2D eigenvalue weighted by atomic mass is 9.98. The quantitative estimate of drug-likeness (QED) is 0.763. The third kappa shape index (κ3) is 2.99. The van der Waals surface area contributed by atoms with Crippen LogP contribution in [0.4, 0.5) is 9.93 Å². The predicted octanol–water partition coefficient (Wildman–Crippen LogP) is 4.54. The summed E-state index contributed by atoms with van der Waals surface area (Å²) in [6.07, 6.45) is 4.71. The summed E-state index contributed by atoms with van der Waals surface area (Å²) in [5, 5.41) is 7.98. The van der Waals surface area contributed by atoms with Gasteiger partial charge in [0, 0.05) is 24.2 Å². The largest absolute Gasteiger partial charge is 0.323 e. The lowest BCUT2D eigenvalue weighted by Gasteiger charge is -2.25. The van der Waals surface area contributed by atoms with Crippen LogP contribution in [-0.2, 0) is 6.42 Å². The van der Waals surface area contributed by atoms with Crippen LogP contribution in [-0.4, -0.2) is 28.5 Å². The van der Waals surface area contributed by atoms with Crippen LogP contribution in [0.15, 0.2) is 54.0 Å². The Labute approximate surface area is 145 Å². The van der Waals surface area contributed by atoms with E-state index < -0.39 is 0 Å². The molecule has 1 atom stereocenters. The highest BCUT2D eigenvalue weighted by atomic mass is 32.1. The number of nitrogens with one attached hydrogen (secondary N) is 1. The molecule has 122 valence electrons. The maximum Gasteiger partial charge on any atom is 0.323 e. The lowest BCUT2D eigenvalue weighted by Crippen LogP contribution is -2.39. The van der Waals surface area contributed by atoms with E-state index in [1.807, 2.05) is 10.3 Å². The van der Waals surface area contributed by atoms with Crippen LogP contribution in [0.3, 0.4) is 0 Å². The van der Waals surface area contributed by atoms with Crippen molar-refractivity contribution in [2.45, 2.75) is 25.3 Å². The third-order valence-corrected chi connectivity index (χ3v) is 5.31. The molecule has 1 aromatic heterocycles. The topological polar surface area (TPSA) is 45.2 Å². The van der Waals surface area contributed by atoms with E-state index in [1.165, 1.54) is 27.7 Å². The van der Waals surface area contributed by atoms with Crippen molar-refractivity contribution >= 4 is 33.3 Å². The van der Waals surface area contributed by atoms with Gasteiger partial charge in [0.2, 0.25) is 0 Å². The Hall–Kier alpha value is -2.40. The van der Waals surface area contributed by atoms with Crippen molar-refractivity contribution in [2.75, 3.05) is 11.9 Å². The van der Waals surface area contributed by atoms with Gasteiger partial charge in [0.25, 0.3) is 0 Å². The second kappa shape index (κ2) is 6.61.